The van der Waals surface area contributed by atoms with Crippen LogP contribution in [0.5, 0.6) is 5.75 Å². The number of ether oxygens (including phenoxy) is 2. The summed E-state index contributed by atoms with van der Waals surface area (Å²) < 4.78 is 13.9. The van der Waals surface area contributed by atoms with Gasteiger partial charge in [0.05, 0.1) is 25.3 Å². The fourth-order valence-electron chi connectivity index (χ4n) is 4.22. The van der Waals surface area contributed by atoms with Crippen LogP contribution in [0.2, 0.25) is 0 Å². The minimum Gasteiger partial charge on any atom is -0.488 e. The lowest BCUT2D eigenvalue weighted by Crippen LogP contribution is -2.36. The highest BCUT2D eigenvalue weighted by atomic mass is 16.5. The number of nitrogens with zero attached hydrogens (tertiary/aromatic N) is 7. The summed E-state index contributed by atoms with van der Waals surface area (Å²) in [5.74, 6) is 1.73. The van der Waals surface area contributed by atoms with Crippen molar-refractivity contribution in [3.63, 3.8) is 0 Å². The lowest BCUT2D eigenvalue weighted by Gasteiger charge is -2.30. The number of carbonyl (C=O) groups excluding carboxylic acids is 1. The number of anilines is 2. The maximum absolute atomic E-state index is 12.9. The Kier molecular flexibility index (Phi) is 5.95. The van der Waals surface area contributed by atoms with Crippen molar-refractivity contribution in [1.82, 2.24) is 29.0 Å². The van der Waals surface area contributed by atoms with Crippen molar-refractivity contribution in [2.24, 2.45) is 0 Å². The molecule has 3 aromatic heterocycles. The van der Waals surface area contributed by atoms with Gasteiger partial charge in [0.15, 0.2) is 17.2 Å². The fourth-order valence-corrected chi connectivity index (χ4v) is 4.22. The zero-order valence-corrected chi connectivity index (χ0v) is 18.6. The van der Waals surface area contributed by atoms with Gasteiger partial charge in [-0.15, -0.1) is 5.10 Å². The third-order valence-electron chi connectivity index (χ3n) is 5.94. The third kappa shape index (κ3) is 4.15. The number of piperidine rings is 1. The van der Waals surface area contributed by atoms with Crippen molar-refractivity contribution < 1.29 is 14.3 Å². The number of hydrogen-bond acceptors (Lipinski definition) is 8. The zero-order valence-electron chi connectivity index (χ0n) is 18.6. The largest absolute Gasteiger partial charge is 0.488 e. The van der Waals surface area contributed by atoms with Crippen LogP contribution in [0.15, 0.2) is 29.5 Å². The highest BCUT2D eigenvalue weighted by Crippen LogP contribution is 2.34. The van der Waals surface area contributed by atoms with E-state index in [1.807, 2.05) is 16.7 Å². The normalized spacial score (nSPS) is 16.0. The number of pyridine rings is 1. The molecule has 11 nitrogen and oxygen atoms in total. The van der Waals surface area contributed by atoms with E-state index >= 15 is 0 Å². The van der Waals surface area contributed by atoms with Crippen molar-refractivity contribution in [1.29, 1.82) is 0 Å². The lowest BCUT2D eigenvalue weighted by atomic mass is 10.1. The second-order valence-corrected chi connectivity index (χ2v) is 8.08. The standard InChI is InChI=1S/C22H27N7O4/c1-2-32-10-9-29-22(31)28-15-24-18(13-19(28)25-29)27-8-11-33-17-12-16(14-23-20(17)27)21(30)26-6-4-3-5-7-26/h12-15H,2-11H2,1H3. The number of fused-ring (bicyclic) bond motifs is 2. The van der Waals surface area contributed by atoms with E-state index in [2.05, 4.69) is 15.1 Å². The molecule has 174 valence electrons. The van der Waals surface area contributed by atoms with Gasteiger partial charge in [-0.3, -0.25) is 4.79 Å². The minimum absolute atomic E-state index is 0.0118. The number of rotatable bonds is 6. The Morgan fingerprint density at radius 2 is 2.00 bits per heavy atom. The Balaban J connectivity index is 1.41. The first kappa shape index (κ1) is 21.4. The van der Waals surface area contributed by atoms with Gasteiger partial charge in [0.2, 0.25) is 0 Å². The summed E-state index contributed by atoms with van der Waals surface area (Å²) in [5.41, 5.74) is 0.761. The zero-order chi connectivity index (χ0) is 22.8. The fraction of sp³-hybridized carbons (Fsp3) is 0.500. The second-order valence-electron chi connectivity index (χ2n) is 8.08. The highest BCUT2D eigenvalue weighted by Gasteiger charge is 2.26. The smallest absolute Gasteiger partial charge is 0.351 e. The van der Waals surface area contributed by atoms with Crippen LogP contribution in [0.4, 0.5) is 11.6 Å². The summed E-state index contributed by atoms with van der Waals surface area (Å²) >= 11 is 0. The van der Waals surface area contributed by atoms with Crippen LogP contribution in [0.1, 0.15) is 36.5 Å². The molecule has 0 bridgehead atoms. The molecule has 5 rings (SSSR count). The summed E-state index contributed by atoms with van der Waals surface area (Å²) in [6.07, 6.45) is 6.31. The molecule has 5 heterocycles. The SMILES string of the molecule is CCOCCn1nc2cc(N3CCOc4cc(C(=O)N5CCCCC5)cnc43)ncn2c1=O. The van der Waals surface area contributed by atoms with E-state index in [1.165, 1.54) is 21.8 Å². The van der Waals surface area contributed by atoms with Gasteiger partial charge < -0.3 is 19.3 Å². The molecule has 0 atom stereocenters. The van der Waals surface area contributed by atoms with E-state index in [0.717, 1.165) is 25.9 Å². The lowest BCUT2D eigenvalue weighted by molar-refractivity contribution is 0.0723. The molecule has 0 unspecified atom stereocenters. The topological polar surface area (TPSA) is 107 Å². The van der Waals surface area contributed by atoms with Crippen LogP contribution in [-0.4, -0.2) is 74.4 Å². The van der Waals surface area contributed by atoms with Gasteiger partial charge in [0.1, 0.15) is 18.8 Å². The van der Waals surface area contributed by atoms with E-state index in [4.69, 9.17) is 9.47 Å². The summed E-state index contributed by atoms with van der Waals surface area (Å²) in [5, 5.41) is 4.40. The molecule has 2 aliphatic heterocycles. The first-order valence-electron chi connectivity index (χ1n) is 11.4. The summed E-state index contributed by atoms with van der Waals surface area (Å²) in [4.78, 5) is 38.2. The van der Waals surface area contributed by atoms with Gasteiger partial charge in [-0.2, -0.15) is 0 Å². The molecule has 0 aromatic carbocycles. The van der Waals surface area contributed by atoms with Crippen molar-refractivity contribution in [2.75, 3.05) is 44.4 Å². The predicted molar refractivity (Wildman–Crippen MR) is 120 cm³/mol. The summed E-state index contributed by atoms with van der Waals surface area (Å²) in [6.45, 7) is 5.81. The number of carbonyl (C=O) groups is 1. The van der Waals surface area contributed by atoms with Crippen LogP contribution in [0.25, 0.3) is 5.65 Å². The summed E-state index contributed by atoms with van der Waals surface area (Å²) in [7, 11) is 0. The van der Waals surface area contributed by atoms with Crippen LogP contribution in [0.3, 0.4) is 0 Å². The van der Waals surface area contributed by atoms with Gasteiger partial charge in [-0.05, 0) is 32.3 Å². The van der Waals surface area contributed by atoms with Crippen molar-refractivity contribution in [2.45, 2.75) is 32.7 Å². The molecule has 2 aliphatic rings. The van der Waals surface area contributed by atoms with E-state index in [-0.39, 0.29) is 11.6 Å². The molecule has 1 saturated heterocycles. The quantitative estimate of drug-likeness (QED) is 0.517. The Morgan fingerprint density at radius 3 is 2.82 bits per heavy atom. The predicted octanol–water partition coefficient (Wildman–Crippen LogP) is 1.48. The second kappa shape index (κ2) is 9.18. The third-order valence-corrected chi connectivity index (χ3v) is 5.94. The Morgan fingerprint density at radius 1 is 1.15 bits per heavy atom. The summed E-state index contributed by atoms with van der Waals surface area (Å²) in [6, 6.07) is 3.51. The average molecular weight is 454 g/mol. The molecule has 0 radical (unpaired) electrons. The van der Waals surface area contributed by atoms with E-state index in [9.17, 15) is 9.59 Å². The van der Waals surface area contributed by atoms with Gasteiger partial charge in [-0.1, -0.05) is 0 Å². The molecule has 0 spiro atoms. The molecule has 1 fully saturated rings. The number of likely N-dealkylation sites (tertiary alicyclic amines) is 1. The monoisotopic (exact) mass is 453 g/mol. The molecule has 33 heavy (non-hydrogen) atoms. The van der Waals surface area contributed by atoms with E-state index in [1.54, 1.807) is 18.3 Å². The van der Waals surface area contributed by atoms with Crippen LogP contribution in [-0.2, 0) is 11.3 Å². The Bertz CT molecular complexity index is 1220. The van der Waals surface area contributed by atoms with Gasteiger partial charge in [0, 0.05) is 32.0 Å². The molecule has 0 aliphatic carbocycles. The highest BCUT2D eigenvalue weighted by molar-refractivity contribution is 5.95. The number of aromatic nitrogens is 5. The molecule has 0 N–H and O–H groups in total. The van der Waals surface area contributed by atoms with Crippen molar-refractivity contribution in [3.8, 4) is 5.75 Å². The molecule has 11 heteroatoms. The number of hydrogen-bond donors (Lipinski definition) is 0. The first-order valence-corrected chi connectivity index (χ1v) is 11.4. The molecule has 0 saturated carbocycles. The molecule has 1 amide bonds. The minimum atomic E-state index is -0.259. The molecular weight excluding hydrogens is 426 g/mol. The Hall–Kier alpha value is -3.47. The first-order chi connectivity index (χ1) is 16.2. The molecular formula is C22H27N7O4. The maximum Gasteiger partial charge on any atom is 0.351 e. The van der Waals surface area contributed by atoms with Gasteiger partial charge >= 0.3 is 5.69 Å². The van der Waals surface area contributed by atoms with Crippen LogP contribution >= 0.6 is 0 Å². The van der Waals surface area contributed by atoms with Crippen LogP contribution < -0.4 is 15.3 Å². The average Bonchev–Trinajstić information content (AvgIpc) is 3.18. The van der Waals surface area contributed by atoms with Gasteiger partial charge in [-0.25, -0.2) is 23.8 Å². The van der Waals surface area contributed by atoms with Crippen molar-refractivity contribution in [3.05, 3.63) is 40.7 Å². The van der Waals surface area contributed by atoms with E-state index in [0.29, 0.717) is 61.5 Å². The maximum atomic E-state index is 12.9. The van der Waals surface area contributed by atoms with Crippen LogP contribution in [0, 0.1) is 0 Å². The van der Waals surface area contributed by atoms with Crippen molar-refractivity contribution >= 4 is 23.2 Å². The van der Waals surface area contributed by atoms with Gasteiger partial charge in [0.25, 0.3) is 5.91 Å². The molecule has 3 aromatic rings. The number of amides is 1. The Labute approximate surface area is 190 Å². The van der Waals surface area contributed by atoms with E-state index < -0.39 is 0 Å².